The predicted molar refractivity (Wildman–Crippen MR) is 95.4 cm³/mol. The molecule has 0 bridgehead atoms. The van der Waals surface area contributed by atoms with E-state index in [4.69, 9.17) is 11.6 Å². The summed E-state index contributed by atoms with van der Waals surface area (Å²) in [7, 11) is -3.76. The van der Waals surface area contributed by atoms with Crippen molar-refractivity contribution < 1.29 is 18.0 Å². The van der Waals surface area contributed by atoms with Gasteiger partial charge in [-0.05, 0) is 43.7 Å². The van der Waals surface area contributed by atoms with Gasteiger partial charge in [0.2, 0.25) is 10.0 Å². The highest BCUT2D eigenvalue weighted by Gasteiger charge is 2.25. The van der Waals surface area contributed by atoms with Crippen LogP contribution in [-0.2, 0) is 14.8 Å². The topological polar surface area (TPSA) is 104 Å². The lowest BCUT2D eigenvalue weighted by Crippen LogP contribution is -2.47. The summed E-state index contributed by atoms with van der Waals surface area (Å²) in [5.41, 5.74) is 4.43. The van der Waals surface area contributed by atoms with Crippen LogP contribution in [0.2, 0.25) is 5.02 Å². The first-order valence-corrected chi connectivity index (χ1v) is 10.1. The minimum absolute atomic E-state index is 0.133. The molecule has 138 valence electrons. The molecule has 1 aromatic carbocycles. The first-order chi connectivity index (χ1) is 11.8. The van der Waals surface area contributed by atoms with Crippen LogP contribution in [0.25, 0.3) is 0 Å². The van der Waals surface area contributed by atoms with E-state index >= 15 is 0 Å². The van der Waals surface area contributed by atoms with E-state index in [9.17, 15) is 18.0 Å². The lowest BCUT2D eigenvalue weighted by atomic mass is 9.88. The van der Waals surface area contributed by atoms with Crippen molar-refractivity contribution in [3.63, 3.8) is 0 Å². The zero-order valence-corrected chi connectivity index (χ0v) is 15.5. The van der Waals surface area contributed by atoms with Gasteiger partial charge < -0.3 is 0 Å². The van der Waals surface area contributed by atoms with Crippen molar-refractivity contribution in [3.05, 3.63) is 34.9 Å². The standard InChI is InChI=1S/C16H22ClN3O4S/c1-11-6-8-12(9-7-11)20-25(23,24)10-15(21)18-19-16(22)13-4-2-3-5-14(13)17/h2-5,11-12,20H,6-10H2,1H3,(H,18,21)(H,19,22). The summed E-state index contributed by atoms with van der Waals surface area (Å²) in [5.74, 6) is -1.59. The number of carbonyl (C=O) groups is 2. The summed E-state index contributed by atoms with van der Waals surface area (Å²) in [6.07, 6.45) is 3.47. The number of benzene rings is 1. The van der Waals surface area contributed by atoms with E-state index in [-0.39, 0.29) is 16.6 Å². The first-order valence-electron chi connectivity index (χ1n) is 8.10. The lowest BCUT2D eigenvalue weighted by molar-refractivity contribution is -0.119. The molecule has 1 aliphatic rings. The van der Waals surface area contributed by atoms with Gasteiger partial charge in [-0.3, -0.25) is 20.4 Å². The Kier molecular flexibility index (Phi) is 6.80. The monoisotopic (exact) mass is 387 g/mol. The van der Waals surface area contributed by atoms with Crippen LogP contribution in [-0.4, -0.2) is 32.0 Å². The van der Waals surface area contributed by atoms with Crippen LogP contribution in [0.5, 0.6) is 0 Å². The Morgan fingerprint density at radius 1 is 1.12 bits per heavy atom. The van der Waals surface area contributed by atoms with Crippen LogP contribution in [0.3, 0.4) is 0 Å². The van der Waals surface area contributed by atoms with Crippen molar-refractivity contribution in [3.8, 4) is 0 Å². The molecule has 2 amide bonds. The van der Waals surface area contributed by atoms with Gasteiger partial charge >= 0.3 is 0 Å². The maximum atomic E-state index is 12.1. The maximum Gasteiger partial charge on any atom is 0.271 e. The second kappa shape index (κ2) is 8.64. The number of rotatable bonds is 5. The Balaban J connectivity index is 1.81. The second-order valence-corrected chi connectivity index (χ2v) is 8.48. The summed E-state index contributed by atoms with van der Waals surface area (Å²) in [4.78, 5) is 23.7. The van der Waals surface area contributed by atoms with E-state index in [2.05, 4.69) is 22.5 Å². The third-order valence-electron chi connectivity index (χ3n) is 4.12. The fourth-order valence-corrected chi connectivity index (χ4v) is 4.19. The van der Waals surface area contributed by atoms with Gasteiger partial charge in [-0.25, -0.2) is 13.1 Å². The molecule has 1 fully saturated rings. The number of halogens is 1. The summed E-state index contributed by atoms with van der Waals surface area (Å²) >= 11 is 5.88. The average Bonchev–Trinajstić information content (AvgIpc) is 2.54. The van der Waals surface area contributed by atoms with Crippen molar-refractivity contribution in [1.29, 1.82) is 0 Å². The number of nitrogens with one attached hydrogen (secondary N) is 3. The second-order valence-electron chi connectivity index (χ2n) is 6.32. The number of sulfonamides is 1. The van der Waals surface area contributed by atoms with Crippen LogP contribution in [0.15, 0.2) is 24.3 Å². The van der Waals surface area contributed by atoms with Crippen LogP contribution in [0.4, 0.5) is 0 Å². The number of hydrogen-bond donors (Lipinski definition) is 3. The maximum absolute atomic E-state index is 12.1. The molecule has 1 aliphatic carbocycles. The van der Waals surface area contributed by atoms with E-state index in [1.54, 1.807) is 12.1 Å². The van der Waals surface area contributed by atoms with E-state index in [1.807, 2.05) is 0 Å². The van der Waals surface area contributed by atoms with E-state index in [0.717, 1.165) is 25.7 Å². The smallest absolute Gasteiger partial charge is 0.271 e. The van der Waals surface area contributed by atoms with Gasteiger partial charge in [0.25, 0.3) is 11.8 Å². The molecule has 25 heavy (non-hydrogen) atoms. The molecule has 0 spiro atoms. The lowest BCUT2D eigenvalue weighted by Gasteiger charge is -2.26. The van der Waals surface area contributed by atoms with Crippen molar-refractivity contribution in [1.82, 2.24) is 15.6 Å². The minimum atomic E-state index is -3.76. The van der Waals surface area contributed by atoms with Gasteiger partial charge in [-0.15, -0.1) is 0 Å². The predicted octanol–water partition coefficient (Wildman–Crippen LogP) is 1.60. The third kappa shape index (κ3) is 6.30. The zero-order chi connectivity index (χ0) is 18.4. The molecule has 0 radical (unpaired) electrons. The molecular formula is C16H22ClN3O4S. The average molecular weight is 388 g/mol. The minimum Gasteiger partial charge on any atom is -0.272 e. The van der Waals surface area contributed by atoms with Crippen LogP contribution in [0, 0.1) is 5.92 Å². The zero-order valence-electron chi connectivity index (χ0n) is 13.9. The Hall–Kier alpha value is -1.64. The Morgan fingerprint density at radius 3 is 2.40 bits per heavy atom. The summed E-state index contributed by atoms with van der Waals surface area (Å²) in [6, 6.07) is 6.19. The Bertz CT molecular complexity index is 731. The van der Waals surface area contributed by atoms with E-state index in [0.29, 0.717) is 5.92 Å². The molecule has 7 nitrogen and oxygen atoms in total. The highest BCUT2D eigenvalue weighted by molar-refractivity contribution is 7.90. The van der Waals surface area contributed by atoms with Crippen molar-refractivity contribution in [2.75, 3.05) is 5.75 Å². The van der Waals surface area contributed by atoms with Crippen LogP contribution in [0.1, 0.15) is 43.0 Å². The highest BCUT2D eigenvalue weighted by atomic mass is 35.5. The van der Waals surface area contributed by atoms with Gasteiger partial charge in [0.1, 0.15) is 5.75 Å². The molecule has 0 heterocycles. The molecule has 0 atom stereocenters. The van der Waals surface area contributed by atoms with Crippen molar-refractivity contribution in [2.24, 2.45) is 5.92 Å². The molecule has 0 unspecified atom stereocenters. The van der Waals surface area contributed by atoms with Crippen molar-refractivity contribution in [2.45, 2.75) is 38.6 Å². The van der Waals surface area contributed by atoms with E-state index in [1.165, 1.54) is 12.1 Å². The van der Waals surface area contributed by atoms with Crippen molar-refractivity contribution >= 4 is 33.4 Å². The molecule has 1 saturated carbocycles. The van der Waals surface area contributed by atoms with Crippen LogP contribution >= 0.6 is 11.6 Å². The van der Waals surface area contributed by atoms with Crippen LogP contribution < -0.4 is 15.6 Å². The molecule has 0 aromatic heterocycles. The van der Waals surface area contributed by atoms with Gasteiger partial charge in [-0.1, -0.05) is 30.7 Å². The van der Waals surface area contributed by atoms with E-state index < -0.39 is 27.6 Å². The number of hydrazine groups is 1. The number of carbonyl (C=O) groups excluding carboxylic acids is 2. The largest absolute Gasteiger partial charge is 0.272 e. The van der Waals surface area contributed by atoms with Gasteiger partial charge in [0.15, 0.2) is 0 Å². The molecule has 0 aliphatic heterocycles. The molecule has 9 heteroatoms. The normalized spacial score (nSPS) is 20.7. The first kappa shape index (κ1) is 19.7. The molecule has 0 saturated heterocycles. The fourth-order valence-electron chi connectivity index (χ4n) is 2.72. The fraction of sp³-hybridized carbons (Fsp3) is 0.500. The number of hydrogen-bond acceptors (Lipinski definition) is 4. The summed E-state index contributed by atoms with van der Waals surface area (Å²) in [5, 5.41) is 0.232. The summed E-state index contributed by atoms with van der Waals surface area (Å²) < 4.78 is 26.7. The Morgan fingerprint density at radius 2 is 1.76 bits per heavy atom. The molecule has 1 aromatic rings. The van der Waals surface area contributed by atoms with Gasteiger partial charge in [0.05, 0.1) is 10.6 Å². The Labute approximate surface area is 152 Å². The quantitative estimate of drug-likeness (QED) is 0.667. The summed E-state index contributed by atoms with van der Waals surface area (Å²) in [6.45, 7) is 2.14. The molecule has 3 N–H and O–H groups in total. The van der Waals surface area contributed by atoms with Gasteiger partial charge in [-0.2, -0.15) is 0 Å². The van der Waals surface area contributed by atoms with Gasteiger partial charge in [0, 0.05) is 6.04 Å². The third-order valence-corrected chi connectivity index (χ3v) is 5.78. The molecule has 2 rings (SSSR count). The highest BCUT2D eigenvalue weighted by Crippen LogP contribution is 2.23. The SMILES string of the molecule is CC1CCC(NS(=O)(=O)CC(=O)NNC(=O)c2ccccc2Cl)CC1. The molecular weight excluding hydrogens is 366 g/mol. The number of amides is 2.